The van der Waals surface area contributed by atoms with E-state index in [1.807, 2.05) is 18.7 Å². The van der Waals surface area contributed by atoms with Gasteiger partial charge in [-0.1, -0.05) is 41.9 Å². The molecule has 4 heterocycles. The van der Waals surface area contributed by atoms with Crippen molar-refractivity contribution in [3.8, 4) is 0 Å². The Kier molecular flexibility index (Phi) is 10.3. The minimum Gasteiger partial charge on any atom is -0.338 e. The van der Waals surface area contributed by atoms with Crippen molar-refractivity contribution in [2.45, 2.75) is 88.4 Å². The molecule has 0 spiro atoms. The molecule has 3 aliphatic heterocycles. The zero-order valence-electron chi connectivity index (χ0n) is 27.8. The first kappa shape index (κ1) is 34.0. The highest BCUT2D eigenvalue weighted by Gasteiger charge is 2.41. The number of hydrogen-bond acceptors (Lipinski definition) is 7. The van der Waals surface area contributed by atoms with Gasteiger partial charge in [-0.25, -0.2) is 18.4 Å². The molecule has 0 saturated carbocycles. The zero-order valence-corrected chi connectivity index (χ0v) is 29.4. The Hall–Kier alpha value is -2.89. The summed E-state index contributed by atoms with van der Waals surface area (Å²) >= 11 is 6.02. The summed E-state index contributed by atoms with van der Waals surface area (Å²) in [5, 5.41) is 0.531. The molecule has 6 rings (SSSR count). The van der Waals surface area contributed by atoms with Crippen molar-refractivity contribution < 1.29 is 13.2 Å². The quantitative estimate of drug-likeness (QED) is 0.308. The van der Waals surface area contributed by atoms with Gasteiger partial charge in [0.25, 0.3) is 5.91 Å². The van der Waals surface area contributed by atoms with E-state index in [9.17, 15) is 13.2 Å². The van der Waals surface area contributed by atoms with E-state index in [0.29, 0.717) is 40.7 Å². The fraction of sp³-hybridized carbons (Fsp3) is 0.528. The molecule has 1 amide bonds. The van der Waals surface area contributed by atoms with Gasteiger partial charge in [0.2, 0.25) is 10.0 Å². The lowest BCUT2D eigenvalue weighted by molar-refractivity contribution is -0.0118. The summed E-state index contributed by atoms with van der Waals surface area (Å²) in [4.78, 5) is 29.5. The predicted octanol–water partition coefficient (Wildman–Crippen LogP) is 5.56. The lowest BCUT2D eigenvalue weighted by atomic mass is 9.84. The summed E-state index contributed by atoms with van der Waals surface area (Å²) in [7, 11) is -3.55. The van der Waals surface area contributed by atoms with Crippen LogP contribution in [0.5, 0.6) is 0 Å². The molecule has 11 heteroatoms. The molecule has 9 nitrogen and oxygen atoms in total. The molecule has 252 valence electrons. The van der Waals surface area contributed by atoms with Gasteiger partial charge in [-0.3, -0.25) is 14.6 Å². The highest BCUT2D eigenvalue weighted by Crippen LogP contribution is 2.35. The van der Waals surface area contributed by atoms with Crippen LogP contribution < -0.4 is 0 Å². The van der Waals surface area contributed by atoms with Crippen LogP contribution in [0.3, 0.4) is 0 Å². The molecule has 3 fully saturated rings. The minimum atomic E-state index is -3.55. The van der Waals surface area contributed by atoms with E-state index in [4.69, 9.17) is 11.6 Å². The van der Waals surface area contributed by atoms with Gasteiger partial charge in [0.1, 0.15) is 6.33 Å². The lowest BCUT2D eigenvalue weighted by Gasteiger charge is -2.51. The monoisotopic (exact) mass is 678 g/mol. The second-order valence-electron chi connectivity index (χ2n) is 13.7. The molecule has 0 N–H and O–H groups in total. The Balaban J connectivity index is 1.08. The van der Waals surface area contributed by atoms with Crippen LogP contribution in [0.1, 0.15) is 72.8 Å². The Labute approximate surface area is 285 Å². The fourth-order valence-electron chi connectivity index (χ4n) is 7.83. The zero-order chi connectivity index (χ0) is 33.2. The molecule has 2 aromatic carbocycles. The Morgan fingerprint density at radius 2 is 1.40 bits per heavy atom. The summed E-state index contributed by atoms with van der Waals surface area (Å²) in [5.74, 6) is 0.0462. The first-order valence-corrected chi connectivity index (χ1v) is 18.7. The van der Waals surface area contributed by atoms with Crippen molar-refractivity contribution in [1.82, 2.24) is 29.0 Å². The van der Waals surface area contributed by atoms with E-state index < -0.39 is 10.0 Å². The molecular formula is C36H47ClN6O3S. The second kappa shape index (κ2) is 14.3. The van der Waals surface area contributed by atoms with Gasteiger partial charge in [0.15, 0.2) is 0 Å². The number of likely N-dealkylation sites (tertiary alicyclic amines) is 2. The first-order valence-electron chi connectivity index (χ1n) is 16.9. The number of amides is 1. The number of carbonyl (C=O) groups is 1. The molecule has 0 aliphatic carbocycles. The third-order valence-corrected chi connectivity index (χ3v) is 13.0. The maximum atomic E-state index is 13.4. The molecule has 0 unspecified atom stereocenters. The number of hydrogen-bond donors (Lipinski definition) is 0. The van der Waals surface area contributed by atoms with Gasteiger partial charge < -0.3 is 4.90 Å². The van der Waals surface area contributed by atoms with Crippen LogP contribution in [0.2, 0.25) is 5.02 Å². The van der Waals surface area contributed by atoms with Crippen molar-refractivity contribution in [3.63, 3.8) is 0 Å². The third-order valence-electron chi connectivity index (χ3n) is 10.8. The Morgan fingerprint density at radius 1 is 0.851 bits per heavy atom. The van der Waals surface area contributed by atoms with Crippen LogP contribution in [0.15, 0.2) is 65.8 Å². The van der Waals surface area contributed by atoms with Gasteiger partial charge in [0.05, 0.1) is 21.8 Å². The largest absolute Gasteiger partial charge is 0.338 e. The molecular weight excluding hydrogens is 632 g/mol. The number of nitrogens with zero attached hydrogens (tertiary/aromatic N) is 6. The summed E-state index contributed by atoms with van der Waals surface area (Å²) in [5.41, 5.74) is 3.48. The number of benzene rings is 2. The summed E-state index contributed by atoms with van der Waals surface area (Å²) in [6, 6.07) is 17.9. The molecule has 0 atom stereocenters. The number of rotatable bonds is 8. The highest BCUT2D eigenvalue weighted by molar-refractivity contribution is 7.89. The fourth-order valence-corrected chi connectivity index (χ4v) is 9.42. The van der Waals surface area contributed by atoms with E-state index in [2.05, 4.69) is 57.0 Å². The number of carbonyl (C=O) groups excluding carboxylic acids is 1. The number of sulfonamides is 1. The third kappa shape index (κ3) is 7.42. The van der Waals surface area contributed by atoms with E-state index in [0.717, 1.165) is 82.6 Å². The van der Waals surface area contributed by atoms with Crippen LogP contribution in [-0.4, -0.2) is 100 Å². The molecule has 0 radical (unpaired) electrons. The maximum Gasteiger partial charge on any atom is 0.257 e. The van der Waals surface area contributed by atoms with Crippen molar-refractivity contribution >= 4 is 27.5 Å². The SMILES string of the molecule is Cc1ncnc(C)c1C(=O)N1CCC(C)(N2CCC(N(Cc3ccccc3)C3CCN(S(=O)(=O)c4ccc(Cl)cc4)CC3)CC2)CC1. The number of piperidine rings is 3. The van der Waals surface area contributed by atoms with E-state index in [1.165, 1.54) is 11.9 Å². The highest BCUT2D eigenvalue weighted by atomic mass is 35.5. The standard InChI is InChI=1S/C36H47ClN6O3S/c1-27-34(28(2)39-26-38-27)35(44)40-23-17-36(3,18-24-40)41-19-13-31(14-20-41)43(25-29-7-5-4-6-8-29)32-15-21-42(22-16-32)47(45,46)33-11-9-30(37)10-12-33/h4-12,26,31-32H,13-25H2,1-3H3. The number of aromatic nitrogens is 2. The van der Waals surface area contributed by atoms with Crippen LogP contribution >= 0.6 is 11.6 Å². The van der Waals surface area contributed by atoms with Crippen LogP contribution in [0.4, 0.5) is 0 Å². The van der Waals surface area contributed by atoms with Crippen LogP contribution in [0, 0.1) is 13.8 Å². The minimum absolute atomic E-state index is 0.0462. The first-order chi connectivity index (χ1) is 22.5. The average molecular weight is 679 g/mol. The Bertz CT molecular complexity index is 1610. The molecule has 0 bridgehead atoms. The predicted molar refractivity (Wildman–Crippen MR) is 185 cm³/mol. The van der Waals surface area contributed by atoms with E-state index >= 15 is 0 Å². The van der Waals surface area contributed by atoms with E-state index in [1.54, 1.807) is 28.6 Å². The summed E-state index contributed by atoms with van der Waals surface area (Å²) in [6.45, 7) is 11.6. The number of halogens is 1. The second-order valence-corrected chi connectivity index (χ2v) is 16.0. The van der Waals surface area contributed by atoms with Gasteiger partial charge in [-0.05, 0) is 89.1 Å². The summed E-state index contributed by atoms with van der Waals surface area (Å²) < 4.78 is 28.4. The average Bonchev–Trinajstić information content (AvgIpc) is 3.08. The number of aryl methyl sites for hydroxylation is 2. The van der Waals surface area contributed by atoms with Crippen LogP contribution in [0.25, 0.3) is 0 Å². The topological polar surface area (TPSA) is 90.0 Å². The van der Waals surface area contributed by atoms with Gasteiger partial charge in [-0.2, -0.15) is 4.31 Å². The molecule has 1 aromatic heterocycles. The van der Waals surface area contributed by atoms with Crippen molar-refractivity contribution in [2.75, 3.05) is 39.3 Å². The van der Waals surface area contributed by atoms with Crippen molar-refractivity contribution in [1.29, 1.82) is 0 Å². The van der Waals surface area contributed by atoms with Gasteiger partial charge in [0, 0.05) is 68.5 Å². The van der Waals surface area contributed by atoms with Gasteiger partial charge >= 0.3 is 0 Å². The van der Waals surface area contributed by atoms with Crippen molar-refractivity contribution in [3.05, 3.63) is 88.5 Å². The molecule has 3 aliphatic rings. The van der Waals surface area contributed by atoms with E-state index in [-0.39, 0.29) is 11.4 Å². The normalized spacial score (nSPS) is 20.5. The lowest BCUT2D eigenvalue weighted by Crippen LogP contribution is -2.59. The van der Waals surface area contributed by atoms with Crippen LogP contribution in [-0.2, 0) is 16.6 Å². The molecule has 47 heavy (non-hydrogen) atoms. The molecule has 3 aromatic rings. The van der Waals surface area contributed by atoms with Crippen molar-refractivity contribution in [2.24, 2.45) is 0 Å². The smallest absolute Gasteiger partial charge is 0.257 e. The molecule has 3 saturated heterocycles. The van der Waals surface area contributed by atoms with Gasteiger partial charge in [-0.15, -0.1) is 0 Å². The Morgan fingerprint density at radius 3 is 1.98 bits per heavy atom. The summed E-state index contributed by atoms with van der Waals surface area (Å²) in [6.07, 6.45) is 7.20. The maximum absolute atomic E-state index is 13.4.